The van der Waals surface area contributed by atoms with E-state index in [1.807, 2.05) is 6.92 Å². The molecule has 19 heavy (non-hydrogen) atoms. The lowest BCUT2D eigenvalue weighted by molar-refractivity contribution is -0.120. The zero-order valence-electron chi connectivity index (χ0n) is 11.4. The Bertz CT molecular complexity index is 454. The average Bonchev–Trinajstić information content (AvgIpc) is 2.74. The van der Waals surface area contributed by atoms with E-state index < -0.39 is 6.10 Å². The van der Waals surface area contributed by atoms with Gasteiger partial charge in [-0.1, -0.05) is 0 Å². The van der Waals surface area contributed by atoms with Crippen LogP contribution in [0.3, 0.4) is 0 Å². The minimum atomic E-state index is -0.608. The van der Waals surface area contributed by atoms with Gasteiger partial charge in [0.1, 0.15) is 5.69 Å². The van der Waals surface area contributed by atoms with Gasteiger partial charge in [-0.15, -0.1) is 0 Å². The van der Waals surface area contributed by atoms with Crippen LogP contribution in [-0.4, -0.2) is 45.9 Å². The van der Waals surface area contributed by atoms with Gasteiger partial charge < -0.3 is 15.7 Å². The molecule has 7 nitrogen and oxygen atoms in total. The van der Waals surface area contributed by atoms with Gasteiger partial charge >= 0.3 is 0 Å². The van der Waals surface area contributed by atoms with Crippen LogP contribution < -0.4 is 10.6 Å². The smallest absolute Gasteiger partial charge is 0.269 e. The number of aliphatic hydroxyl groups is 1. The van der Waals surface area contributed by atoms with Crippen molar-refractivity contribution in [3.8, 4) is 0 Å². The maximum absolute atomic E-state index is 11.9. The Morgan fingerprint density at radius 1 is 1.47 bits per heavy atom. The Balaban J connectivity index is 2.49. The number of hydrogen-bond donors (Lipinski definition) is 3. The average molecular weight is 268 g/mol. The van der Waals surface area contributed by atoms with E-state index in [0.717, 1.165) is 5.69 Å². The third-order valence-corrected chi connectivity index (χ3v) is 2.44. The van der Waals surface area contributed by atoms with Crippen molar-refractivity contribution in [1.29, 1.82) is 0 Å². The van der Waals surface area contributed by atoms with Crippen LogP contribution in [0.25, 0.3) is 0 Å². The lowest BCUT2D eigenvalue weighted by Gasteiger charge is -2.08. The van der Waals surface area contributed by atoms with Crippen LogP contribution >= 0.6 is 0 Å². The zero-order chi connectivity index (χ0) is 14.4. The fraction of sp³-hybridized carbons (Fsp3) is 0.583. The molecule has 1 aromatic heterocycles. The number of nitrogens with one attached hydrogen (secondary N) is 2. The van der Waals surface area contributed by atoms with Gasteiger partial charge in [-0.05, 0) is 26.8 Å². The number of nitrogens with zero attached hydrogens (tertiary/aromatic N) is 2. The molecule has 0 aliphatic carbocycles. The molecule has 0 saturated carbocycles. The predicted molar refractivity (Wildman–Crippen MR) is 69.7 cm³/mol. The van der Waals surface area contributed by atoms with Crippen LogP contribution in [0.4, 0.5) is 0 Å². The van der Waals surface area contributed by atoms with Crippen molar-refractivity contribution in [2.75, 3.05) is 13.1 Å². The summed E-state index contributed by atoms with van der Waals surface area (Å²) in [6.07, 6.45) is -0.608. The first-order chi connectivity index (χ1) is 8.93. The normalized spacial score (nSPS) is 12.0. The Hall–Kier alpha value is -1.89. The molecule has 0 aliphatic heterocycles. The van der Waals surface area contributed by atoms with Crippen molar-refractivity contribution in [2.45, 2.75) is 33.4 Å². The van der Waals surface area contributed by atoms with Crippen molar-refractivity contribution >= 4 is 11.8 Å². The van der Waals surface area contributed by atoms with Crippen molar-refractivity contribution < 1.29 is 14.7 Å². The molecule has 0 aromatic carbocycles. The largest absolute Gasteiger partial charge is 0.392 e. The van der Waals surface area contributed by atoms with Crippen LogP contribution in [0.1, 0.15) is 30.0 Å². The maximum atomic E-state index is 11.9. The minimum absolute atomic E-state index is 0.126. The molecule has 1 heterocycles. The minimum Gasteiger partial charge on any atom is -0.392 e. The number of carbonyl (C=O) groups is 2. The molecular formula is C12H20N4O3. The van der Waals surface area contributed by atoms with Crippen LogP contribution in [0.15, 0.2) is 6.07 Å². The standard InChI is InChI=1S/C12H20N4O3/c1-4-16-10(5-8(2)15-16)12(19)14-7-11(18)13-6-9(3)17/h5,9,17H,4,6-7H2,1-3H3,(H,13,18)(H,14,19). The van der Waals surface area contributed by atoms with Gasteiger partial charge in [0, 0.05) is 13.1 Å². The number of aryl methyl sites for hydroxylation is 2. The molecular weight excluding hydrogens is 248 g/mol. The summed E-state index contributed by atoms with van der Waals surface area (Å²) in [6, 6.07) is 1.67. The topological polar surface area (TPSA) is 96.2 Å². The SMILES string of the molecule is CCn1nc(C)cc1C(=O)NCC(=O)NCC(C)O. The van der Waals surface area contributed by atoms with E-state index in [9.17, 15) is 9.59 Å². The Kier molecular flexibility index (Phi) is 5.50. The van der Waals surface area contributed by atoms with Gasteiger partial charge in [0.05, 0.1) is 18.3 Å². The molecule has 0 radical (unpaired) electrons. The summed E-state index contributed by atoms with van der Waals surface area (Å²) in [5.74, 6) is -0.678. The fourth-order valence-electron chi connectivity index (χ4n) is 1.54. The van der Waals surface area contributed by atoms with Crippen LogP contribution in [0.2, 0.25) is 0 Å². The first-order valence-corrected chi connectivity index (χ1v) is 6.21. The summed E-state index contributed by atoms with van der Waals surface area (Å²) in [5.41, 5.74) is 1.19. The molecule has 0 fully saturated rings. The highest BCUT2D eigenvalue weighted by molar-refractivity contribution is 5.95. The lowest BCUT2D eigenvalue weighted by atomic mass is 10.3. The molecule has 106 valence electrons. The number of aliphatic hydroxyl groups excluding tert-OH is 1. The maximum Gasteiger partial charge on any atom is 0.269 e. The predicted octanol–water partition coefficient (Wildman–Crippen LogP) is -0.562. The van der Waals surface area contributed by atoms with E-state index in [2.05, 4.69) is 15.7 Å². The molecule has 1 atom stereocenters. The van der Waals surface area contributed by atoms with Gasteiger partial charge in [0.15, 0.2) is 0 Å². The molecule has 0 spiro atoms. The second-order valence-corrected chi connectivity index (χ2v) is 4.32. The highest BCUT2D eigenvalue weighted by Crippen LogP contribution is 2.03. The molecule has 1 unspecified atom stereocenters. The van der Waals surface area contributed by atoms with Gasteiger partial charge in [0.25, 0.3) is 5.91 Å². The fourth-order valence-corrected chi connectivity index (χ4v) is 1.54. The van der Waals surface area contributed by atoms with Crippen molar-refractivity contribution in [3.63, 3.8) is 0 Å². The van der Waals surface area contributed by atoms with Crippen LogP contribution in [0.5, 0.6) is 0 Å². The van der Waals surface area contributed by atoms with Crippen molar-refractivity contribution in [2.24, 2.45) is 0 Å². The quantitative estimate of drug-likeness (QED) is 0.644. The van der Waals surface area contributed by atoms with E-state index in [0.29, 0.717) is 12.2 Å². The Morgan fingerprint density at radius 2 is 2.16 bits per heavy atom. The van der Waals surface area contributed by atoms with Crippen molar-refractivity contribution in [1.82, 2.24) is 20.4 Å². The molecule has 0 saturated heterocycles. The number of aromatic nitrogens is 2. The van der Waals surface area contributed by atoms with E-state index in [1.165, 1.54) is 0 Å². The molecule has 3 N–H and O–H groups in total. The molecule has 7 heteroatoms. The summed E-state index contributed by atoms with van der Waals surface area (Å²) in [7, 11) is 0. The van der Waals surface area contributed by atoms with E-state index >= 15 is 0 Å². The number of hydrogen-bond acceptors (Lipinski definition) is 4. The van der Waals surface area contributed by atoms with Crippen molar-refractivity contribution in [3.05, 3.63) is 17.5 Å². The first kappa shape index (κ1) is 15.2. The molecule has 0 bridgehead atoms. The van der Waals surface area contributed by atoms with Gasteiger partial charge in [-0.3, -0.25) is 14.3 Å². The molecule has 0 aliphatic rings. The summed E-state index contributed by atoms with van der Waals surface area (Å²) >= 11 is 0. The van der Waals surface area contributed by atoms with Crippen LogP contribution in [0, 0.1) is 6.92 Å². The second-order valence-electron chi connectivity index (χ2n) is 4.32. The number of carbonyl (C=O) groups excluding carboxylic acids is 2. The summed E-state index contributed by atoms with van der Waals surface area (Å²) in [5, 5.41) is 18.2. The monoisotopic (exact) mass is 268 g/mol. The number of rotatable bonds is 6. The summed E-state index contributed by atoms with van der Waals surface area (Å²) < 4.78 is 1.58. The number of amides is 2. The highest BCUT2D eigenvalue weighted by Gasteiger charge is 2.13. The zero-order valence-corrected chi connectivity index (χ0v) is 11.4. The van der Waals surface area contributed by atoms with Gasteiger partial charge in [-0.25, -0.2) is 0 Å². The first-order valence-electron chi connectivity index (χ1n) is 6.21. The van der Waals surface area contributed by atoms with E-state index in [-0.39, 0.29) is 24.9 Å². The summed E-state index contributed by atoms with van der Waals surface area (Å²) in [4.78, 5) is 23.3. The Labute approximate surface area is 112 Å². The molecule has 1 aromatic rings. The van der Waals surface area contributed by atoms with Gasteiger partial charge in [-0.2, -0.15) is 5.10 Å². The third kappa shape index (κ3) is 4.70. The van der Waals surface area contributed by atoms with Gasteiger partial charge in [0.2, 0.25) is 5.91 Å². The van der Waals surface area contributed by atoms with Crippen LogP contribution in [-0.2, 0) is 11.3 Å². The lowest BCUT2D eigenvalue weighted by Crippen LogP contribution is -2.40. The third-order valence-electron chi connectivity index (χ3n) is 2.44. The molecule has 2 amide bonds. The molecule has 1 rings (SSSR count). The second kappa shape index (κ2) is 6.89. The van der Waals surface area contributed by atoms with E-state index in [4.69, 9.17) is 5.11 Å². The Morgan fingerprint density at radius 3 is 2.74 bits per heavy atom. The highest BCUT2D eigenvalue weighted by atomic mass is 16.3. The summed E-state index contributed by atoms with van der Waals surface area (Å²) in [6.45, 7) is 5.89. The van der Waals surface area contributed by atoms with E-state index in [1.54, 1.807) is 24.6 Å².